The first kappa shape index (κ1) is 19.5. The Morgan fingerprint density at radius 1 is 0.724 bits per heavy atom. The van der Waals surface area contributed by atoms with Gasteiger partial charge in [-0.2, -0.15) is 0 Å². The molecule has 7 heteroatoms. The van der Waals surface area contributed by atoms with Gasteiger partial charge in [-0.1, -0.05) is 6.07 Å². The molecule has 2 aromatic carbocycles. The molecule has 1 saturated heterocycles. The second-order valence-corrected chi connectivity index (χ2v) is 7.45. The molecule has 1 fully saturated rings. The van der Waals surface area contributed by atoms with Crippen LogP contribution in [0.15, 0.2) is 36.4 Å². The Morgan fingerprint density at radius 2 is 1.28 bits per heavy atom. The minimum Gasteiger partial charge on any atom is -0.335 e. The van der Waals surface area contributed by atoms with E-state index in [1.807, 2.05) is 18.2 Å². The second kappa shape index (κ2) is 8.29. The first-order valence-electron chi connectivity index (χ1n) is 9.89. The van der Waals surface area contributed by atoms with Crippen molar-refractivity contribution in [2.75, 3.05) is 39.3 Å². The molecule has 0 atom stereocenters. The summed E-state index contributed by atoms with van der Waals surface area (Å²) in [5.41, 5.74) is 3.29. The molecule has 0 aromatic heterocycles. The van der Waals surface area contributed by atoms with E-state index in [9.17, 15) is 18.4 Å². The zero-order valence-corrected chi connectivity index (χ0v) is 16.1. The fraction of sp³-hybridized carbons (Fsp3) is 0.364. The van der Waals surface area contributed by atoms with Crippen molar-refractivity contribution in [2.45, 2.75) is 12.8 Å². The van der Waals surface area contributed by atoms with Crippen LogP contribution >= 0.6 is 0 Å². The van der Waals surface area contributed by atoms with Gasteiger partial charge >= 0.3 is 0 Å². The van der Waals surface area contributed by atoms with Gasteiger partial charge in [0.25, 0.3) is 11.8 Å². The molecule has 2 aromatic rings. The van der Waals surface area contributed by atoms with Crippen LogP contribution in [0.5, 0.6) is 0 Å². The van der Waals surface area contributed by atoms with Crippen molar-refractivity contribution < 1.29 is 18.4 Å². The first-order valence-corrected chi connectivity index (χ1v) is 9.89. The highest BCUT2D eigenvalue weighted by atomic mass is 19.2. The van der Waals surface area contributed by atoms with E-state index in [0.29, 0.717) is 31.7 Å². The molecule has 1 N–H and O–H groups in total. The number of carbonyl (C=O) groups is 2. The number of benzene rings is 2. The summed E-state index contributed by atoms with van der Waals surface area (Å²) in [6.07, 6.45) is 1.88. The average molecular weight is 399 g/mol. The maximum Gasteiger partial charge on any atom is 0.254 e. The molecule has 0 radical (unpaired) electrons. The Kier molecular flexibility index (Phi) is 5.58. The molecule has 0 bridgehead atoms. The summed E-state index contributed by atoms with van der Waals surface area (Å²) in [5, 5.41) is 3.36. The number of piperazine rings is 1. The van der Waals surface area contributed by atoms with Gasteiger partial charge < -0.3 is 15.1 Å². The molecule has 2 amide bonds. The standard InChI is InChI=1S/C22H23F2N3O2/c23-19-4-3-18(14-20(19)24)22(29)27-11-9-26(10-12-27)21(28)17-2-1-15-5-7-25-8-6-16(15)13-17/h1-4,13-14,25H,5-12H2. The third kappa shape index (κ3) is 4.15. The summed E-state index contributed by atoms with van der Waals surface area (Å²) < 4.78 is 26.5. The van der Waals surface area contributed by atoms with E-state index in [-0.39, 0.29) is 17.4 Å². The van der Waals surface area contributed by atoms with Gasteiger partial charge in [0.1, 0.15) is 0 Å². The van der Waals surface area contributed by atoms with E-state index in [1.165, 1.54) is 17.2 Å². The Hall–Kier alpha value is -2.80. The Labute approximate surface area is 168 Å². The largest absolute Gasteiger partial charge is 0.335 e. The lowest BCUT2D eigenvalue weighted by Crippen LogP contribution is -2.50. The smallest absolute Gasteiger partial charge is 0.254 e. The maximum absolute atomic E-state index is 13.4. The van der Waals surface area contributed by atoms with Crippen molar-refractivity contribution in [1.82, 2.24) is 15.1 Å². The number of nitrogens with one attached hydrogen (secondary N) is 1. The summed E-state index contributed by atoms with van der Waals surface area (Å²) in [4.78, 5) is 28.8. The third-order valence-electron chi connectivity index (χ3n) is 5.62. The predicted octanol–water partition coefficient (Wildman–Crippen LogP) is 2.25. The molecule has 2 heterocycles. The van der Waals surface area contributed by atoms with Gasteiger partial charge in [0, 0.05) is 37.3 Å². The van der Waals surface area contributed by atoms with Crippen molar-refractivity contribution >= 4 is 11.8 Å². The topological polar surface area (TPSA) is 52.7 Å². The Bertz CT molecular complexity index is 940. The molecule has 2 aliphatic rings. The van der Waals surface area contributed by atoms with Crippen molar-refractivity contribution in [3.63, 3.8) is 0 Å². The zero-order valence-electron chi connectivity index (χ0n) is 16.1. The van der Waals surface area contributed by atoms with Crippen LogP contribution in [0.25, 0.3) is 0 Å². The fourth-order valence-corrected chi connectivity index (χ4v) is 3.91. The van der Waals surface area contributed by atoms with E-state index in [1.54, 1.807) is 9.80 Å². The number of hydrogen-bond acceptors (Lipinski definition) is 3. The summed E-state index contributed by atoms with van der Waals surface area (Å²) >= 11 is 0. The molecule has 0 aliphatic carbocycles. The zero-order chi connectivity index (χ0) is 20.4. The highest BCUT2D eigenvalue weighted by molar-refractivity contribution is 5.96. The molecule has 0 spiro atoms. The number of nitrogens with zero attached hydrogens (tertiary/aromatic N) is 2. The van der Waals surface area contributed by atoms with Gasteiger partial charge in [-0.05, 0) is 67.4 Å². The highest BCUT2D eigenvalue weighted by Crippen LogP contribution is 2.18. The molecule has 0 unspecified atom stereocenters. The summed E-state index contributed by atoms with van der Waals surface area (Å²) in [5.74, 6) is -2.41. The molecule has 5 nitrogen and oxygen atoms in total. The lowest BCUT2D eigenvalue weighted by Gasteiger charge is -2.35. The van der Waals surface area contributed by atoms with Crippen LogP contribution in [-0.2, 0) is 12.8 Å². The number of fused-ring (bicyclic) bond motifs is 1. The van der Waals surface area contributed by atoms with Crippen LogP contribution in [-0.4, -0.2) is 60.9 Å². The molecule has 2 aliphatic heterocycles. The molecular formula is C22H23F2N3O2. The van der Waals surface area contributed by atoms with Crippen LogP contribution in [0.3, 0.4) is 0 Å². The second-order valence-electron chi connectivity index (χ2n) is 7.45. The summed E-state index contributed by atoms with van der Waals surface area (Å²) in [6, 6.07) is 9.06. The summed E-state index contributed by atoms with van der Waals surface area (Å²) in [7, 11) is 0. The predicted molar refractivity (Wildman–Crippen MR) is 105 cm³/mol. The minimum absolute atomic E-state index is 0.0371. The van der Waals surface area contributed by atoms with Crippen LogP contribution < -0.4 is 5.32 Å². The van der Waals surface area contributed by atoms with Gasteiger partial charge in [0.05, 0.1) is 0 Å². The van der Waals surface area contributed by atoms with Crippen molar-refractivity contribution in [3.8, 4) is 0 Å². The number of amides is 2. The Morgan fingerprint density at radius 3 is 1.90 bits per heavy atom. The van der Waals surface area contributed by atoms with Crippen molar-refractivity contribution in [3.05, 3.63) is 70.3 Å². The van der Waals surface area contributed by atoms with Gasteiger partial charge in [0.15, 0.2) is 11.6 Å². The van der Waals surface area contributed by atoms with Crippen molar-refractivity contribution in [2.24, 2.45) is 0 Å². The van der Waals surface area contributed by atoms with Crippen LogP contribution in [0.4, 0.5) is 8.78 Å². The molecule has 0 saturated carbocycles. The van der Waals surface area contributed by atoms with Crippen LogP contribution in [0.1, 0.15) is 31.8 Å². The van der Waals surface area contributed by atoms with Gasteiger partial charge in [-0.15, -0.1) is 0 Å². The quantitative estimate of drug-likeness (QED) is 0.843. The lowest BCUT2D eigenvalue weighted by molar-refractivity contribution is 0.0535. The number of halogens is 2. The van der Waals surface area contributed by atoms with Gasteiger partial charge in [-0.25, -0.2) is 8.78 Å². The van der Waals surface area contributed by atoms with E-state index in [4.69, 9.17) is 0 Å². The van der Waals surface area contributed by atoms with E-state index < -0.39 is 11.6 Å². The van der Waals surface area contributed by atoms with Crippen LogP contribution in [0, 0.1) is 11.6 Å². The third-order valence-corrected chi connectivity index (χ3v) is 5.62. The lowest BCUT2D eigenvalue weighted by atomic mass is 9.99. The Balaban J connectivity index is 1.40. The number of rotatable bonds is 2. The minimum atomic E-state index is -1.04. The van der Waals surface area contributed by atoms with E-state index in [2.05, 4.69) is 5.32 Å². The SMILES string of the molecule is O=C(c1ccc(F)c(F)c1)N1CCN(C(=O)c2ccc3c(c2)CCNCC3)CC1. The average Bonchev–Trinajstić information content (AvgIpc) is 2.99. The van der Waals surface area contributed by atoms with Crippen molar-refractivity contribution in [1.29, 1.82) is 0 Å². The van der Waals surface area contributed by atoms with Gasteiger partial charge in [0.2, 0.25) is 0 Å². The van der Waals surface area contributed by atoms with E-state index in [0.717, 1.165) is 38.1 Å². The monoisotopic (exact) mass is 399 g/mol. The first-order chi connectivity index (χ1) is 14.0. The normalized spacial score (nSPS) is 16.9. The van der Waals surface area contributed by atoms with Gasteiger partial charge in [-0.3, -0.25) is 9.59 Å². The number of carbonyl (C=O) groups excluding carboxylic acids is 2. The van der Waals surface area contributed by atoms with E-state index >= 15 is 0 Å². The molecule has 152 valence electrons. The molecule has 29 heavy (non-hydrogen) atoms. The number of hydrogen-bond donors (Lipinski definition) is 1. The maximum atomic E-state index is 13.4. The molecule has 4 rings (SSSR count). The molecular weight excluding hydrogens is 376 g/mol. The summed E-state index contributed by atoms with van der Waals surface area (Å²) in [6.45, 7) is 3.40. The highest BCUT2D eigenvalue weighted by Gasteiger charge is 2.26. The fourth-order valence-electron chi connectivity index (χ4n) is 3.91. The van der Waals surface area contributed by atoms with Crippen LogP contribution in [0.2, 0.25) is 0 Å².